The van der Waals surface area contributed by atoms with Crippen molar-refractivity contribution in [3.63, 3.8) is 0 Å². The molecule has 98 valence electrons. The number of ether oxygens (including phenoxy) is 1. The average Bonchev–Trinajstić information content (AvgIpc) is 2.29. The number of carboxylic acid groups (broad SMARTS) is 1. The highest BCUT2D eigenvalue weighted by molar-refractivity contribution is 6.33. The van der Waals surface area contributed by atoms with E-state index in [1.165, 1.54) is 13.0 Å². The van der Waals surface area contributed by atoms with Gasteiger partial charge in [-0.05, 0) is 25.1 Å². The molecule has 1 atom stereocenters. The van der Waals surface area contributed by atoms with Crippen LogP contribution < -0.4 is 5.32 Å². The molecule has 5 nitrogen and oxygen atoms in total. The Bertz CT molecular complexity index is 466. The number of carboxylic acids is 1. The lowest BCUT2D eigenvalue weighted by Gasteiger charge is -2.10. The first-order chi connectivity index (χ1) is 8.40. The molecule has 0 heterocycles. The maximum absolute atomic E-state index is 12.7. The summed E-state index contributed by atoms with van der Waals surface area (Å²) in [4.78, 5) is 21.8. The third-order valence-corrected chi connectivity index (χ3v) is 2.33. The number of nitrogens with one attached hydrogen (secondary N) is 1. The quantitative estimate of drug-likeness (QED) is 0.861. The van der Waals surface area contributed by atoms with Crippen molar-refractivity contribution in [1.29, 1.82) is 0 Å². The first-order valence-electron chi connectivity index (χ1n) is 4.99. The van der Waals surface area contributed by atoms with Gasteiger partial charge in [0.05, 0.1) is 10.7 Å². The Kier molecular flexibility index (Phi) is 5.06. The van der Waals surface area contributed by atoms with Gasteiger partial charge in [0.15, 0.2) is 6.10 Å². The van der Waals surface area contributed by atoms with E-state index in [0.29, 0.717) is 0 Å². The molecule has 0 unspecified atom stereocenters. The molecule has 1 aromatic rings. The van der Waals surface area contributed by atoms with Crippen LogP contribution in [0.5, 0.6) is 0 Å². The summed E-state index contributed by atoms with van der Waals surface area (Å²) in [5.41, 5.74) is 0.231. The second kappa shape index (κ2) is 6.32. The zero-order chi connectivity index (χ0) is 13.7. The molecular weight excluding hydrogens is 265 g/mol. The molecule has 0 saturated heterocycles. The van der Waals surface area contributed by atoms with Gasteiger partial charge in [0.2, 0.25) is 5.91 Å². The summed E-state index contributed by atoms with van der Waals surface area (Å²) < 4.78 is 17.5. The van der Waals surface area contributed by atoms with E-state index in [2.05, 4.69) is 5.32 Å². The van der Waals surface area contributed by atoms with Gasteiger partial charge in [0.1, 0.15) is 12.4 Å². The van der Waals surface area contributed by atoms with E-state index >= 15 is 0 Å². The van der Waals surface area contributed by atoms with Gasteiger partial charge in [0, 0.05) is 0 Å². The Morgan fingerprint density at radius 2 is 2.22 bits per heavy atom. The highest BCUT2D eigenvalue weighted by atomic mass is 35.5. The average molecular weight is 276 g/mol. The standard InChI is InChI=1S/C11H11ClFNO4/c1-6(11(16)17)18-5-10(15)14-9-3-2-7(13)4-8(9)12/h2-4,6H,5H2,1H3,(H,14,15)(H,16,17)/t6-/m0/s1. The lowest BCUT2D eigenvalue weighted by Crippen LogP contribution is -2.26. The fourth-order valence-corrected chi connectivity index (χ4v) is 1.26. The Morgan fingerprint density at radius 1 is 1.56 bits per heavy atom. The maximum Gasteiger partial charge on any atom is 0.332 e. The van der Waals surface area contributed by atoms with E-state index in [9.17, 15) is 14.0 Å². The zero-order valence-electron chi connectivity index (χ0n) is 9.44. The lowest BCUT2D eigenvalue weighted by molar-refractivity contribution is -0.150. The number of hydrogen-bond donors (Lipinski definition) is 2. The lowest BCUT2D eigenvalue weighted by atomic mass is 10.3. The highest BCUT2D eigenvalue weighted by Crippen LogP contribution is 2.22. The zero-order valence-corrected chi connectivity index (χ0v) is 10.2. The maximum atomic E-state index is 12.7. The fourth-order valence-electron chi connectivity index (χ4n) is 1.05. The van der Waals surface area contributed by atoms with Gasteiger partial charge < -0.3 is 15.2 Å². The van der Waals surface area contributed by atoms with E-state index in [0.717, 1.165) is 12.1 Å². The number of hydrogen-bond acceptors (Lipinski definition) is 3. The van der Waals surface area contributed by atoms with Gasteiger partial charge >= 0.3 is 5.97 Å². The molecule has 0 aliphatic heterocycles. The number of benzene rings is 1. The highest BCUT2D eigenvalue weighted by Gasteiger charge is 2.14. The predicted octanol–water partition coefficient (Wildman–Crippen LogP) is 1.91. The summed E-state index contributed by atoms with van der Waals surface area (Å²) in [6.45, 7) is 0.877. The number of anilines is 1. The molecule has 18 heavy (non-hydrogen) atoms. The van der Waals surface area contributed by atoms with Crippen LogP contribution >= 0.6 is 11.6 Å². The van der Waals surface area contributed by atoms with E-state index in [1.54, 1.807) is 0 Å². The number of rotatable bonds is 5. The van der Waals surface area contributed by atoms with Crippen LogP contribution in [0.25, 0.3) is 0 Å². The minimum atomic E-state index is -1.16. The number of carbonyl (C=O) groups is 2. The topological polar surface area (TPSA) is 75.6 Å². The van der Waals surface area contributed by atoms with Crippen LogP contribution in [0, 0.1) is 5.82 Å². The molecule has 0 saturated carbocycles. The van der Waals surface area contributed by atoms with Crippen molar-refractivity contribution >= 4 is 29.2 Å². The van der Waals surface area contributed by atoms with Crippen LogP contribution in [0.3, 0.4) is 0 Å². The molecule has 0 aliphatic rings. The third-order valence-electron chi connectivity index (χ3n) is 2.02. The molecule has 0 aromatic heterocycles. The molecule has 0 spiro atoms. The second-order valence-corrected chi connectivity index (χ2v) is 3.87. The normalized spacial score (nSPS) is 11.9. The summed E-state index contributed by atoms with van der Waals surface area (Å²) in [5.74, 6) is -2.26. The first kappa shape index (κ1) is 14.4. The van der Waals surface area contributed by atoms with Crippen LogP contribution in [0.2, 0.25) is 5.02 Å². The van der Waals surface area contributed by atoms with Crippen LogP contribution in [-0.4, -0.2) is 29.7 Å². The Morgan fingerprint density at radius 3 is 2.78 bits per heavy atom. The minimum Gasteiger partial charge on any atom is -0.479 e. The number of halogens is 2. The van der Waals surface area contributed by atoms with Crippen molar-refractivity contribution in [2.75, 3.05) is 11.9 Å². The smallest absolute Gasteiger partial charge is 0.332 e. The molecule has 1 rings (SSSR count). The van der Waals surface area contributed by atoms with E-state index in [1.807, 2.05) is 0 Å². The predicted molar refractivity (Wildman–Crippen MR) is 63.1 cm³/mol. The molecule has 0 fully saturated rings. The summed E-state index contributed by atoms with van der Waals surface area (Å²) in [7, 11) is 0. The Balaban J connectivity index is 2.52. The molecule has 0 aliphatic carbocycles. The van der Waals surface area contributed by atoms with Gasteiger partial charge in [0.25, 0.3) is 0 Å². The number of aliphatic carboxylic acids is 1. The second-order valence-electron chi connectivity index (χ2n) is 3.46. The molecule has 2 N–H and O–H groups in total. The van der Waals surface area contributed by atoms with Crippen LogP contribution in [0.4, 0.5) is 10.1 Å². The van der Waals surface area contributed by atoms with Gasteiger partial charge in [-0.25, -0.2) is 9.18 Å². The van der Waals surface area contributed by atoms with Crippen LogP contribution in [0.15, 0.2) is 18.2 Å². The number of amides is 1. The fraction of sp³-hybridized carbons (Fsp3) is 0.273. The Hall–Kier alpha value is -1.66. The SMILES string of the molecule is C[C@H](OCC(=O)Nc1ccc(F)cc1Cl)C(=O)O. The minimum absolute atomic E-state index is 0.0506. The summed E-state index contributed by atoms with van der Waals surface area (Å²) >= 11 is 5.70. The summed E-state index contributed by atoms with van der Waals surface area (Å²) in [5, 5.41) is 11.0. The molecule has 7 heteroatoms. The van der Waals surface area contributed by atoms with Gasteiger partial charge in [-0.15, -0.1) is 0 Å². The Labute approximate surface area is 108 Å². The molecule has 0 bridgehead atoms. The van der Waals surface area contributed by atoms with Crippen molar-refractivity contribution < 1.29 is 23.8 Å². The van der Waals surface area contributed by atoms with Crippen LogP contribution in [0.1, 0.15) is 6.92 Å². The molecule has 0 radical (unpaired) electrons. The summed E-state index contributed by atoms with van der Waals surface area (Å²) in [6.07, 6.45) is -1.08. The molecular formula is C11H11ClFNO4. The van der Waals surface area contributed by atoms with Crippen molar-refractivity contribution in [3.05, 3.63) is 29.0 Å². The van der Waals surface area contributed by atoms with E-state index < -0.39 is 30.4 Å². The molecule has 1 aromatic carbocycles. The third kappa shape index (κ3) is 4.31. The van der Waals surface area contributed by atoms with Gasteiger partial charge in [-0.3, -0.25) is 4.79 Å². The molecule has 1 amide bonds. The van der Waals surface area contributed by atoms with Gasteiger partial charge in [-0.1, -0.05) is 11.6 Å². The van der Waals surface area contributed by atoms with Crippen molar-refractivity contribution in [1.82, 2.24) is 0 Å². The van der Waals surface area contributed by atoms with E-state index in [4.69, 9.17) is 21.4 Å². The largest absolute Gasteiger partial charge is 0.479 e. The number of carbonyl (C=O) groups excluding carboxylic acids is 1. The van der Waals surface area contributed by atoms with Crippen molar-refractivity contribution in [3.8, 4) is 0 Å². The van der Waals surface area contributed by atoms with Crippen LogP contribution in [-0.2, 0) is 14.3 Å². The van der Waals surface area contributed by atoms with Gasteiger partial charge in [-0.2, -0.15) is 0 Å². The summed E-state index contributed by atoms with van der Waals surface area (Å²) in [6, 6.07) is 3.50. The van der Waals surface area contributed by atoms with Crippen molar-refractivity contribution in [2.45, 2.75) is 13.0 Å². The first-order valence-corrected chi connectivity index (χ1v) is 5.37. The monoisotopic (exact) mass is 275 g/mol. The van der Waals surface area contributed by atoms with Crippen molar-refractivity contribution in [2.24, 2.45) is 0 Å². The van der Waals surface area contributed by atoms with E-state index in [-0.39, 0.29) is 10.7 Å².